The van der Waals surface area contributed by atoms with Crippen LogP contribution in [0.2, 0.25) is 0 Å². The molecule has 0 amide bonds. The van der Waals surface area contributed by atoms with Gasteiger partial charge in [-0.3, -0.25) is 14.4 Å². The SMILES string of the molecule is COC(=O)C(CCC(=O)/C=C(\O)c1ccc(OC)cc1)C(=O)OC. The van der Waals surface area contributed by atoms with E-state index in [1.165, 1.54) is 7.11 Å². The van der Waals surface area contributed by atoms with Crippen molar-refractivity contribution in [1.82, 2.24) is 0 Å². The molecule has 0 bridgehead atoms. The summed E-state index contributed by atoms with van der Waals surface area (Å²) in [5, 5.41) is 9.95. The lowest BCUT2D eigenvalue weighted by Crippen LogP contribution is -2.27. The van der Waals surface area contributed by atoms with E-state index in [4.69, 9.17) is 4.74 Å². The molecule has 1 aromatic rings. The van der Waals surface area contributed by atoms with Crippen LogP contribution >= 0.6 is 0 Å². The number of methoxy groups -OCH3 is 3. The van der Waals surface area contributed by atoms with Gasteiger partial charge < -0.3 is 19.3 Å². The molecule has 130 valence electrons. The van der Waals surface area contributed by atoms with Gasteiger partial charge in [-0.1, -0.05) is 0 Å². The van der Waals surface area contributed by atoms with Crippen LogP contribution in [0, 0.1) is 5.92 Å². The zero-order valence-corrected chi connectivity index (χ0v) is 13.8. The van der Waals surface area contributed by atoms with Crippen molar-refractivity contribution in [2.75, 3.05) is 21.3 Å². The minimum absolute atomic E-state index is 0.0649. The van der Waals surface area contributed by atoms with Gasteiger partial charge in [-0.15, -0.1) is 0 Å². The molecule has 0 aliphatic carbocycles. The van der Waals surface area contributed by atoms with E-state index in [0.717, 1.165) is 20.3 Å². The average Bonchev–Trinajstić information content (AvgIpc) is 2.61. The van der Waals surface area contributed by atoms with Crippen molar-refractivity contribution in [1.29, 1.82) is 0 Å². The zero-order chi connectivity index (χ0) is 18.1. The van der Waals surface area contributed by atoms with E-state index >= 15 is 0 Å². The summed E-state index contributed by atoms with van der Waals surface area (Å²) in [4.78, 5) is 34.9. The highest BCUT2D eigenvalue weighted by molar-refractivity contribution is 5.98. The van der Waals surface area contributed by atoms with Crippen molar-refractivity contribution < 1.29 is 33.7 Å². The highest BCUT2D eigenvalue weighted by Crippen LogP contribution is 2.18. The second-order valence-electron chi connectivity index (χ2n) is 4.86. The number of carbonyl (C=O) groups excluding carboxylic acids is 3. The lowest BCUT2D eigenvalue weighted by Gasteiger charge is -2.11. The average molecular weight is 336 g/mol. The number of ketones is 1. The van der Waals surface area contributed by atoms with Gasteiger partial charge in [0.25, 0.3) is 0 Å². The summed E-state index contributed by atoms with van der Waals surface area (Å²) in [6.45, 7) is 0. The third-order valence-electron chi connectivity index (χ3n) is 3.33. The Kier molecular flexibility index (Phi) is 7.48. The van der Waals surface area contributed by atoms with E-state index in [-0.39, 0.29) is 18.6 Å². The van der Waals surface area contributed by atoms with Gasteiger partial charge in [-0.05, 0) is 30.7 Å². The maximum atomic E-state index is 11.9. The van der Waals surface area contributed by atoms with E-state index in [0.29, 0.717) is 11.3 Å². The Morgan fingerprint density at radius 3 is 2.04 bits per heavy atom. The fourth-order valence-corrected chi connectivity index (χ4v) is 1.97. The van der Waals surface area contributed by atoms with Crippen molar-refractivity contribution in [3.8, 4) is 5.75 Å². The molecule has 24 heavy (non-hydrogen) atoms. The maximum Gasteiger partial charge on any atom is 0.320 e. The molecule has 0 saturated carbocycles. The summed E-state index contributed by atoms with van der Waals surface area (Å²) in [6.07, 6.45) is 0.868. The first-order valence-electron chi connectivity index (χ1n) is 7.16. The normalized spacial score (nSPS) is 11.1. The molecular weight excluding hydrogens is 316 g/mol. The Morgan fingerprint density at radius 2 is 1.58 bits per heavy atom. The molecule has 0 saturated heterocycles. The Balaban J connectivity index is 2.71. The molecule has 0 heterocycles. The number of ether oxygens (including phenoxy) is 3. The van der Waals surface area contributed by atoms with E-state index < -0.39 is 23.6 Å². The molecule has 7 nitrogen and oxygen atoms in total. The Bertz CT molecular complexity index is 600. The quantitative estimate of drug-likeness (QED) is 0.335. The van der Waals surface area contributed by atoms with Crippen LogP contribution in [0.3, 0.4) is 0 Å². The first-order chi connectivity index (χ1) is 11.4. The molecule has 1 rings (SSSR count). The number of benzene rings is 1. The van der Waals surface area contributed by atoms with Gasteiger partial charge in [0.1, 0.15) is 11.5 Å². The molecule has 0 aromatic heterocycles. The first-order valence-corrected chi connectivity index (χ1v) is 7.16. The minimum atomic E-state index is -1.17. The molecule has 0 atom stereocenters. The molecule has 1 N–H and O–H groups in total. The second-order valence-corrected chi connectivity index (χ2v) is 4.86. The minimum Gasteiger partial charge on any atom is -0.507 e. The molecule has 0 aliphatic rings. The van der Waals surface area contributed by atoms with Crippen molar-refractivity contribution in [3.63, 3.8) is 0 Å². The number of carbonyl (C=O) groups is 3. The van der Waals surface area contributed by atoms with Crippen LogP contribution in [0.1, 0.15) is 18.4 Å². The van der Waals surface area contributed by atoms with Crippen molar-refractivity contribution >= 4 is 23.5 Å². The second kappa shape index (κ2) is 9.34. The van der Waals surface area contributed by atoms with Gasteiger partial charge in [0.15, 0.2) is 11.7 Å². The molecule has 1 aromatic carbocycles. The summed E-state index contributed by atoms with van der Waals surface area (Å²) in [7, 11) is 3.82. The largest absolute Gasteiger partial charge is 0.507 e. The van der Waals surface area contributed by atoms with E-state index in [9.17, 15) is 19.5 Å². The summed E-state index contributed by atoms with van der Waals surface area (Å²) < 4.78 is 14.0. The van der Waals surface area contributed by atoms with Crippen molar-refractivity contribution in [2.24, 2.45) is 5.92 Å². The number of hydrogen-bond donors (Lipinski definition) is 1. The summed E-state index contributed by atoms with van der Waals surface area (Å²) in [6, 6.07) is 6.50. The number of aliphatic hydroxyl groups excluding tert-OH is 1. The third-order valence-corrected chi connectivity index (χ3v) is 3.33. The van der Waals surface area contributed by atoms with Crippen LogP contribution < -0.4 is 4.74 Å². The predicted octanol–water partition coefficient (Wildman–Crippen LogP) is 1.91. The van der Waals surface area contributed by atoms with E-state index in [1.54, 1.807) is 24.3 Å². The van der Waals surface area contributed by atoms with Crippen LogP contribution in [0.15, 0.2) is 30.3 Å². The number of hydrogen-bond acceptors (Lipinski definition) is 7. The van der Waals surface area contributed by atoms with Gasteiger partial charge in [-0.25, -0.2) is 0 Å². The van der Waals surface area contributed by atoms with Crippen LogP contribution in [-0.4, -0.2) is 44.2 Å². The smallest absolute Gasteiger partial charge is 0.320 e. The van der Waals surface area contributed by atoms with Crippen LogP contribution in [-0.2, 0) is 23.9 Å². The van der Waals surface area contributed by atoms with Crippen molar-refractivity contribution in [3.05, 3.63) is 35.9 Å². The Morgan fingerprint density at radius 1 is 1.04 bits per heavy atom. The van der Waals surface area contributed by atoms with Gasteiger partial charge in [0, 0.05) is 18.1 Å². The van der Waals surface area contributed by atoms with Gasteiger partial charge in [-0.2, -0.15) is 0 Å². The highest BCUT2D eigenvalue weighted by Gasteiger charge is 2.28. The molecule has 0 fully saturated rings. The van der Waals surface area contributed by atoms with Gasteiger partial charge in [0.2, 0.25) is 0 Å². The highest BCUT2D eigenvalue weighted by atomic mass is 16.5. The number of esters is 2. The zero-order valence-electron chi connectivity index (χ0n) is 13.8. The van der Waals surface area contributed by atoms with E-state index in [1.807, 2.05) is 0 Å². The fourth-order valence-electron chi connectivity index (χ4n) is 1.97. The lowest BCUT2D eigenvalue weighted by molar-refractivity contribution is -0.159. The third kappa shape index (κ3) is 5.42. The Hall–Kier alpha value is -2.83. The molecule has 0 spiro atoms. The molecule has 0 unspecified atom stereocenters. The fraction of sp³-hybridized carbons (Fsp3) is 0.353. The lowest BCUT2D eigenvalue weighted by atomic mass is 10.0. The summed E-state index contributed by atoms with van der Waals surface area (Å²) in [5.74, 6) is -2.72. The molecule has 7 heteroatoms. The summed E-state index contributed by atoms with van der Waals surface area (Å²) >= 11 is 0. The summed E-state index contributed by atoms with van der Waals surface area (Å²) in [5.41, 5.74) is 0.446. The van der Waals surface area contributed by atoms with Crippen LogP contribution in [0.25, 0.3) is 5.76 Å². The maximum absolute atomic E-state index is 11.9. The molecular formula is C17H20O7. The standard InChI is InChI=1S/C17H20O7/c1-22-13-7-4-11(5-8-13)15(19)10-12(18)6-9-14(16(20)23-2)17(21)24-3/h4-5,7-8,10,14,19H,6,9H2,1-3H3/b15-10-. The number of aliphatic hydroxyl groups is 1. The topological polar surface area (TPSA) is 99.1 Å². The van der Waals surface area contributed by atoms with Gasteiger partial charge >= 0.3 is 11.9 Å². The predicted molar refractivity (Wildman–Crippen MR) is 85.4 cm³/mol. The van der Waals surface area contributed by atoms with Gasteiger partial charge in [0.05, 0.1) is 21.3 Å². The monoisotopic (exact) mass is 336 g/mol. The van der Waals surface area contributed by atoms with Crippen LogP contribution in [0.5, 0.6) is 5.75 Å². The number of allylic oxidation sites excluding steroid dienone is 1. The molecule has 0 aliphatic heterocycles. The number of rotatable bonds is 8. The van der Waals surface area contributed by atoms with Crippen LogP contribution in [0.4, 0.5) is 0 Å². The molecule has 0 radical (unpaired) electrons. The first kappa shape index (κ1) is 19.2. The Labute approximate surface area is 139 Å². The van der Waals surface area contributed by atoms with Crippen molar-refractivity contribution in [2.45, 2.75) is 12.8 Å². The van der Waals surface area contributed by atoms with E-state index in [2.05, 4.69) is 9.47 Å².